The molecule has 0 aliphatic rings. The summed E-state index contributed by atoms with van der Waals surface area (Å²) in [6, 6.07) is 22.3. The number of oxazole rings is 1. The average molecular weight is 516 g/mol. The van der Waals surface area contributed by atoms with E-state index in [9.17, 15) is 4.79 Å². The van der Waals surface area contributed by atoms with Gasteiger partial charge in [0.1, 0.15) is 11.3 Å². The van der Waals surface area contributed by atoms with Crippen molar-refractivity contribution in [3.8, 4) is 11.3 Å². The van der Waals surface area contributed by atoms with E-state index in [2.05, 4.69) is 21.7 Å². The van der Waals surface area contributed by atoms with Crippen LogP contribution in [0.5, 0.6) is 0 Å². The molecule has 8 heteroatoms. The third-order valence-electron chi connectivity index (χ3n) is 5.62. The number of nitrogens with one attached hydrogen (secondary N) is 2. The molecule has 6 nitrogen and oxygen atoms in total. The zero-order valence-electron chi connectivity index (χ0n) is 19.6. The molecule has 0 spiro atoms. The number of aryl methyl sites for hydroxylation is 2. The number of fused-ring (bicyclic) bond motifs is 1. The van der Waals surface area contributed by atoms with Gasteiger partial charge in [0.2, 0.25) is 0 Å². The monoisotopic (exact) mass is 515 g/mol. The number of carbonyl (C=O) groups excluding carboxylic acids is 1. The van der Waals surface area contributed by atoms with Crippen LogP contribution in [-0.2, 0) is 6.42 Å². The van der Waals surface area contributed by atoms with E-state index in [1.807, 2.05) is 56.3 Å². The molecule has 0 saturated heterocycles. The van der Waals surface area contributed by atoms with Crippen molar-refractivity contribution < 1.29 is 13.6 Å². The number of rotatable bonds is 5. The molecule has 2 N–H and O–H groups in total. The maximum absolute atomic E-state index is 12.5. The Hall–Kier alpha value is -3.94. The van der Waals surface area contributed by atoms with E-state index in [1.54, 1.807) is 24.3 Å². The third kappa shape index (κ3) is 5.32. The van der Waals surface area contributed by atoms with E-state index in [0.717, 1.165) is 39.0 Å². The minimum atomic E-state index is -0.439. The topological polar surface area (TPSA) is 80.3 Å². The van der Waals surface area contributed by atoms with Gasteiger partial charge in [-0.05, 0) is 97.4 Å². The molecule has 36 heavy (non-hydrogen) atoms. The summed E-state index contributed by atoms with van der Waals surface area (Å²) in [4.78, 5) is 17.2. The Bertz CT molecular complexity index is 1570. The zero-order valence-corrected chi connectivity index (χ0v) is 21.2. The molecular formula is C28H22ClN3O3S. The molecule has 5 aromatic rings. The lowest BCUT2D eigenvalue weighted by molar-refractivity contribution is 0.0951. The molecule has 2 heterocycles. The average Bonchev–Trinajstić information content (AvgIpc) is 3.48. The van der Waals surface area contributed by atoms with Crippen LogP contribution in [0.3, 0.4) is 0 Å². The van der Waals surface area contributed by atoms with Crippen LogP contribution in [-0.4, -0.2) is 16.0 Å². The summed E-state index contributed by atoms with van der Waals surface area (Å²) in [5.74, 6) is 0.947. The highest BCUT2D eigenvalue weighted by molar-refractivity contribution is 7.80. The van der Waals surface area contributed by atoms with Crippen LogP contribution in [0.25, 0.3) is 22.4 Å². The minimum Gasteiger partial charge on any atom is -0.451 e. The van der Waals surface area contributed by atoms with E-state index >= 15 is 0 Å². The van der Waals surface area contributed by atoms with E-state index in [0.29, 0.717) is 23.1 Å². The Morgan fingerprint density at radius 3 is 2.47 bits per heavy atom. The van der Waals surface area contributed by atoms with E-state index in [1.165, 1.54) is 0 Å². The van der Waals surface area contributed by atoms with Gasteiger partial charge in [0.05, 0.1) is 0 Å². The van der Waals surface area contributed by atoms with Crippen molar-refractivity contribution in [3.63, 3.8) is 0 Å². The van der Waals surface area contributed by atoms with Gasteiger partial charge in [-0.25, -0.2) is 4.98 Å². The number of amides is 1. The molecule has 0 unspecified atom stereocenters. The number of nitrogens with zero attached hydrogens (tertiary/aromatic N) is 1. The summed E-state index contributed by atoms with van der Waals surface area (Å²) in [6.45, 7) is 4.07. The normalized spacial score (nSPS) is 11.0. The van der Waals surface area contributed by atoms with Crippen molar-refractivity contribution in [2.75, 3.05) is 5.32 Å². The standard InChI is InChI=1S/C28H22ClN3O3S/c1-16-13-17(2)26-22(14-16)31-25(35-26)15-18-3-9-21(10-4-18)30-28(36)32-27(33)24-12-11-23(34-24)19-5-7-20(29)8-6-19/h3-14H,15H2,1-2H3,(H2,30,32,33,36). The molecule has 5 rings (SSSR count). The summed E-state index contributed by atoms with van der Waals surface area (Å²) >= 11 is 11.2. The lowest BCUT2D eigenvalue weighted by Crippen LogP contribution is -2.33. The van der Waals surface area contributed by atoms with Crippen LogP contribution in [0.15, 0.2) is 81.6 Å². The van der Waals surface area contributed by atoms with Crippen molar-refractivity contribution >= 4 is 51.6 Å². The van der Waals surface area contributed by atoms with Gasteiger partial charge in [0.25, 0.3) is 5.91 Å². The van der Waals surface area contributed by atoms with E-state index < -0.39 is 5.91 Å². The second-order valence-electron chi connectivity index (χ2n) is 8.49. The summed E-state index contributed by atoms with van der Waals surface area (Å²) in [7, 11) is 0. The van der Waals surface area contributed by atoms with Gasteiger partial charge in [0, 0.05) is 22.7 Å². The fourth-order valence-electron chi connectivity index (χ4n) is 3.94. The van der Waals surface area contributed by atoms with Crippen LogP contribution in [0.1, 0.15) is 33.1 Å². The van der Waals surface area contributed by atoms with Crippen LogP contribution >= 0.6 is 23.8 Å². The second-order valence-corrected chi connectivity index (χ2v) is 9.34. The first kappa shape index (κ1) is 23.8. The van der Waals surface area contributed by atoms with Crippen LogP contribution in [0.2, 0.25) is 5.02 Å². The van der Waals surface area contributed by atoms with Crippen molar-refractivity contribution in [2.24, 2.45) is 0 Å². The number of halogens is 1. The van der Waals surface area contributed by atoms with Gasteiger partial charge in [-0.2, -0.15) is 0 Å². The van der Waals surface area contributed by atoms with Gasteiger partial charge in [-0.1, -0.05) is 29.8 Å². The van der Waals surface area contributed by atoms with E-state index in [-0.39, 0.29) is 10.9 Å². The Balaban J connectivity index is 1.18. The maximum atomic E-state index is 12.5. The van der Waals surface area contributed by atoms with Crippen molar-refractivity contribution in [3.05, 3.63) is 106 Å². The highest BCUT2D eigenvalue weighted by Gasteiger charge is 2.14. The first-order valence-electron chi connectivity index (χ1n) is 11.3. The smallest absolute Gasteiger partial charge is 0.293 e. The molecule has 0 aliphatic heterocycles. The maximum Gasteiger partial charge on any atom is 0.293 e. The third-order valence-corrected chi connectivity index (χ3v) is 6.07. The number of hydrogen-bond acceptors (Lipinski definition) is 5. The molecule has 0 aliphatic carbocycles. The van der Waals surface area contributed by atoms with Crippen LogP contribution in [0, 0.1) is 13.8 Å². The number of anilines is 1. The SMILES string of the molecule is Cc1cc(C)c2oc(Cc3ccc(NC(=S)NC(=O)c4ccc(-c5ccc(Cl)cc5)o4)cc3)nc2c1. The first-order valence-corrected chi connectivity index (χ1v) is 12.1. The molecule has 0 radical (unpaired) electrons. The molecule has 1 amide bonds. The molecule has 180 valence electrons. The molecular weight excluding hydrogens is 494 g/mol. The molecule has 0 atom stereocenters. The molecule has 3 aromatic carbocycles. The van der Waals surface area contributed by atoms with Gasteiger partial charge in [-0.3, -0.25) is 10.1 Å². The quantitative estimate of drug-likeness (QED) is 0.243. The molecule has 0 fully saturated rings. The highest BCUT2D eigenvalue weighted by Crippen LogP contribution is 2.25. The van der Waals surface area contributed by atoms with Crippen molar-refractivity contribution in [1.82, 2.24) is 10.3 Å². The predicted molar refractivity (Wildman–Crippen MR) is 146 cm³/mol. The van der Waals surface area contributed by atoms with Gasteiger partial charge in [0.15, 0.2) is 22.3 Å². The lowest BCUT2D eigenvalue weighted by atomic mass is 10.1. The van der Waals surface area contributed by atoms with Gasteiger partial charge >= 0.3 is 0 Å². The summed E-state index contributed by atoms with van der Waals surface area (Å²) < 4.78 is 11.6. The number of hydrogen-bond donors (Lipinski definition) is 2. The first-order chi connectivity index (χ1) is 17.3. The zero-order chi connectivity index (χ0) is 25.2. The number of benzene rings is 3. The Labute approximate surface area is 218 Å². The van der Waals surface area contributed by atoms with Crippen LogP contribution in [0.4, 0.5) is 5.69 Å². The molecule has 0 bridgehead atoms. The van der Waals surface area contributed by atoms with E-state index in [4.69, 9.17) is 32.7 Å². The van der Waals surface area contributed by atoms with Gasteiger partial charge in [-0.15, -0.1) is 0 Å². The van der Waals surface area contributed by atoms with Gasteiger partial charge < -0.3 is 14.2 Å². The summed E-state index contributed by atoms with van der Waals surface area (Å²) in [6.07, 6.45) is 0.572. The molecule has 0 saturated carbocycles. The van der Waals surface area contributed by atoms with Crippen molar-refractivity contribution in [1.29, 1.82) is 0 Å². The number of thiocarbonyl (C=S) groups is 1. The largest absolute Gasteiger partial charge is 0.451 e. The molecule has 2 aromatic heterocycles. The Kier molecular flexibility index (Phi) is 6.59. The fourth-order valence-corrected chi connectivity index (χ4v) is 4.27. The Morgan fingerprint density at radius 1 is 0.972 bits per heavy atom. The summed E-state index contributed by atoms with van der Waals surface area (Å²) in [5.41, 5.74) is 6.55. The summed E-state index contributed by atoms with van der Waals surface area (Å²) in [5, 5.41) is 6.45. The number of aromatic nitrogens is 1. The van der Waals surface area contributed by atoms with Crippen molar-refractivity contribution in [2.45, 2.75) is 20.3 Å². The fraction of sp³-hybridized carbons (Fsp3) is 0.107. The lowest BCUT2D eigenvalue weighted by Gasteiger charge is -2.09. The number of furan rings is 1. The van der Waals surface area contributed by atoms with Crippen LogP contribution < -0.4 is 10.6 Å². The number of carbonyl (C=O) groups is 1. The minimum absolute atomic E-state index is 0.156. The Morgan fingerprint density at radius 2 is 1.72 bits per heavy atom. The second kappa shape index (κ2) is 9.97. The predicted octanol–water partition coefficient (Wildman–Crippen LogP) is 7.08. The highest BCUT2D eigenvalue weighted by atomic mass is 35.5.